The van der Waals surface area contributed by atoms with E-state index in [1.54, 1.807) is 19.9 Å². The third kappa shape index (κ3) is 3.78. The molecule has 0 aliphatic rings. The molecule has 94 valence electrons. The Morgan fingerprint density at radius 1 is 1.53 bits per heavy atom. The molecule has 1 rings (SSSR count). The normalized spacial score (nSPS) is 14.5. The highest BCUT2D eigenvalue weighted by molar-refractivity contribution is 5.92. The molecule has 0 aliphatic heterocycles. The summed E-state index contributed by atoms with van der Waals surface area (Å²) < 4.78 is 0. The van der Waals surface area contributed by atoms with Crippen LogP contribution in [0.5, 0.6) is 0 Å². The lowest BCUT2D eigenvalue weighted by Gasteiger charge is -2.27. The van der Waals surface area contributed by atoms with E-state index in [1.165, 1.54) is 6.33 Å². The van der Waals surface area contributed by atoms with Crippen LogP contribution in [-0.4, -0.2) is 33.1 Å². The van der Waals surface area contributed by atoms with Gasteiger partial charge in [-0.2, -0.15) is 0 Å². The van der Waals surface area contributed by atoms with Crippen LogP contribution in [0.25, 0.3) is 0 Å². The summed E-state index contributed by atoms with van der Waals surface area (Å²) >= 11 is 0. The molecule has 5 heteroatoms. The van der Waals surface area contributed by atoms with Crippen LogP contribution in [0.1, 0.15) is 37.0 Å². The first-order chi connectivity index (χ1) is 7.83. The predicted molar refractivity (Wildman–Crippen MR) is 64.6 cm³/mol. The molecule has 5 nitrogen and oxygen atoms in total. The Balaban J connectivity index is 2.62. The zero-order valence-corrected chi connectivity index (χ0v) is 10.7. The van der Waals surface area contributed by atoms with Crippen molar-refractivity contribution in [2.24, 2.45) is 5.92 Å². The van der Waals surface area contributed by atoms with Gasteiger partial charge in [-0.3, -0.25) is 4.79 Å². The molecule has 1 atom stereocenters. The molecule has 0 aliphatic carbocycles. The Bertz CT molecular complexity index is 402. The summed E-state index contributed by atoms with van der Waals surface area (Å²) in [6.07, 6.45) is 1.35. The summed E-state index contributed by atoms with van der Waals surface area (Å²) in [5.41, 5.74) is 0.135. The summed E-state index contributed by atoms with van der Waals surface area (Å²) in [6, 6.07) is 1.61. The number of hydrogen-bond acceptors (Lipinski definition) is 4. The van der Waals surface area contributed by atoms with E-state index in [1.807, 2.05) is 13.8 Å². The van der Waals surface area contributed by atoms with Crippen molar-refractivity contribution in [1.82, 2.24) is 15.3 Å². The molecule has 2 N–H and O–H groups in total. The first-order valence-corrected chi connectivity index (χ1v) is 5.62. The van der Waals surface area contributed by atoms with Gasteiger partial charge >= 0.3 is 0 Å². The number of carbonyl (C=O) groups is 1. The van der Waals surface area contributed by atoms with Gasteiger partial charge < -0.3 is 10.4 Å². The Morgan fingerprint density at radius 2 is 2.18 bits per heavy atom. The molecule has 0 saturated carbocycles. The molecular formula is C12H19N3O2. The van der Waals surface area contributed by atoms with Crippen molar-refractivity contribution in [3.63, 3.8) is 0 Å². The molecule has 0 spiro atoms. The van der Waals surface area contributed by atoms with Crippen molar-refractivity contribution >= 4 is 5.91 Å². The van der Waals surface area contributed by atoms with Crippen LogP contribution in [0.2, 0.25) is 0 Å². The van der Waals surface area contributed by atoms with Crippen molar-refractivity contribution in [2.75, 3.05) is 6.54 Å². The predicted octanol–water partition coefficient (Wildman–Crippen LogP) is 0.922. The average Bonchev–Trinajstić information content (AvgIpc) is 2.25. The minimum absolute atomic E-state index is 0.0648. The lowest BCUT2D eigenvalue weighted by Crippen LogP contribution is -2.44. The minimum Gasteiger partial charge on any atom is -0.388 e. The number of nitrogens with one attached hydrogen (secondary N) is 1. The highest BCUT2D eigenvalue weighted by atomic mass is 16.3. The summed E-state index contributed by atoms with van der Waals surface area (Å²) in [7, 11) is 0. The molecule has 1 aromatic heterocycles. The Kier molecular flexibility index (Phi) is 4.17. The average molecular weight is 237 g/mol. The van der Waals surface area contributed by atoms with Crippen molar-refractivity contribution in [2.45, 2.75) is 33.3 Å². The van der Waals surface area contributed by atoms with Gasteiger partial charge in [0.1, 0.15) is 12.0 Å². The number of nitrogens with zero attached hydrogens (tertiary/aromatic N) is 2. The third-order valence-corrected chi connectivity index (χ3v) is 2.89. The number of aryl methyl sites for hydroxylation is 1. The first-order valence-electron chi connectivity index (χ1n) is 5.62. The Hall–Kier alpha value is -1.49. The van der Waals surface area contributed by atoms with Gasteiger partial charge in [0, 0.05) is 12.2 Å². The fraction of sp³-hybridized carbons (Fsp3) is 0.583. The second-order valence-corrected chi connectivity index (χ2v) is 4.74. The molecule has 0 bridgehead atoms. The summed E-state index contributed by atoms with van der Waals surface area (Å²) in [5.74, 6) is -0.230. The van der Waals surface area contributed by atoms with E-state index in [-0.39, 0.29) is 18.4 Å². The van der Waals surface area contributed by atoms with Gasteiger partial charge in [0.2, 0.25) is 0 Å². The van der Waals surface area contributed by atoms with E-state index in [0.29, 0.717) is 5.69 Å². The van der Waals surface area contributed by atoms with Crippen LogP contribution in [-0.2, 0) is 0 Å². The number of hydrogen-bond donors (Lipinski definition) is 2. The Labute approximate surface area is 101 Å². The number of rotatable bonds is 4. The molecule has 0 aromatic carbocycles. The maximum Gasteiger partial charge on any atom is 0.270 e. The second-order valence-electron chi connectivity index (χ2n) is 4.74. The zero-order valence-electron chi connectivity index (χ0n) is 10.7. The summed E-state index contributed by atoms with van der Waals surface area (Å²) in [4.78, 5) is 19.6. The maximum absolute atomic E-state index is 11.8. The van der Waals surface area contributed by atoms with Gasteiger partial charge in [-0.05, 0) is 25.8 Å². The standard InChI is InChI=1S/C12H19N3O2/c1-8(2)12(4,17)6-13-11(16)10-5-9(3)14-7-15-10/h5,7-8,17H,6H2,1-4H3,(H,13,16). The Morgan fingerprint density at radius 3 is 2.71 bits per heavy atom. The van der Waals surface area contributed by atoms with Gasteiger partial charge in [0.05, 0.1) is 5.60 Å². The molecule has 0 radical (unpaired) electrons. The lowest BCUT2D eigenvalue weighted by molar-refractivity contribution is 0.0142. The fourth-order valence-corrected chi connectivity index (χ4v) is 1.13. The van der Waals surface area contributed by atoms with Crippen LogP contribution in [0.3, 0.4) is 0 Å². The molecule has 1 heterocycles. The van der Waals surface area contributed by atoms with E-state index in [4.69, 9.17) is 0 Å². The molecule has 1 aromatic rings. The fourth-order valence-electron chi connectivity index (χ4n) is 1.13. The zero-order chi connectivity index (χ0) is 13.1. The second kappa shape index (κ2) is 5.23. The van der Waals surface area contributed by atoms with E-state index in [9.17, 15) is 9.90 Å². The number of aromatic nitrogens is 2. The van der Waals surface area contributed by atoms with Crippen LogP contribution in [0.15, 0.2) is 12.4 Å². The largest absolute Gasteiger partial charge is 0.388 e. The number of aliphatic hydroxyl groups is 1. The van der Waals surface area contributed by atoms with Crippen LogP contribution in [0.4, 0.5) is 0 Å². The number of amides is 1. The van der Waals surface area contributed by atoms with Crippen LogP contribution in [0, 0.1) is 12.8 Å². The topological polar surface area (TPSA) is 75.1 Å². The maximum atomic E-state index is 11.8. The quantitative estimate of drug-likeness (QED) is 0.816. The van der Waals surface area contributed by atoms with Crippen molar-refractivity contribution in [3.8, 4) is 0 Å². The number of carbonyl (C=O) groups excluding carboxylic acids is 1. The first kappa shape index (κ1) is 13.6. The monoisotopic (exact) mass is 237 g/mol. The van der Waals surface area contributed by atoms with E-state index in [0.717, 1.165) is 5.69 Å². The molecule has 0 saturated heterocycles. The van der Waals surface area contributed by atoms with Gasteiger partial charge in [0.25, 0.3) is 5.91 Å². The van der Waals surface area contributed by atoms with Gasteiger partial charge in [-0.1, -0.05) is 13.8 Å². The summed E-state index contributed by atoms with van der Waals surface area (Å²) in [5, 5.41) is 12.7. The smallest absolute Gasteiger partial charge is 0.270 e. The SMILES string of the molecule is Cc1cc(C(=O)NCC(C)(O)C(C)C)ncn1. The minimum atomic E-state index is -0.919. The third-order valence-electron chi connectivity index (χ3n) is 2.89. The highest BCUT2D eigenvalue weighted by Crippen LogP contribution is 2.14. The summed E-state index contributed by atoms with van der Waals surface area (Å²) in [6.45, 7) is 7.50. The van der Waals surface area contributed by atoms with Crippen LogP contribution >= 0.6 is 0 Å². The van der Waals surface area contributed by atoms with Crippen molar-refractivity contribution in [1.29, 1.82) is 0 Å². The van der Waals surface area contributed by atoms with Crippen molar-refractivity contribution < 1.29 is 9.90 Å². The molecule has 1 unspecified atom stereocenters. The van der Waals surface area contributed by atoms with E-state index < -0.39 is 5.60 Å². The molecule has 1 amide bonds. The molecular weight excluding hydrogens is 218 g/mol. The van der Waals surface area contributed by atoms with E-state index >= 15 is 0 Å². The lowest BCUT2D eigenvalue weighted by atomic mass is 9.92. The molecule has 17 heavy (non-hydrogen) atoms. The van der Waals surface area contributed by atoms with E-state index in [2.05, 4.69) is 15.3 Å². The van der Waals surface area contributed by atoms with Gasteiger partial charge in [-0.25, -0.2) is 9.97 Å². The van der Waals surface area contributed by atoms with Crippen molar-refractivity contribution in [3.05, 3.63) is 23.8 Å². The van der Waals surface area contributed by atoms with Crippen LogP contribution < -0.4 is 5.32 Å². The highest BCUT2D eigenvalue weighted by Gasteiger charge is 2.25. The van der Waals surface area contributed by atoms with Gasteiger partial charge in [-0.15, -0.1) is 0 Å². The molecule has 0 fully saturated rings. The van der Waals surface area contributed by atoms with Gasteiger partial charge in [0.15, 0.2) is 0 Å².